The van der Waals surface area contributed by atoms with E-state index in [1.807, 2.05) is 25.1 Å². The van der Waals surface area contributed by atoms with Crippen LogP contribution in [0.2, 0.25) is 0 Å². The van der Waals surface area contributed by atoms with Crippen LogP contribution >= 0.6 is 0 Å². The number of amidine groups is 1. The van der Waals surface area contributed by atoms with Gasteiger partial charge in [0.15, 0.2) is 23.1 Å². The molecule has 1 heterocycles. The molecule has 0 radical (unpaired) electrons. The summed E-state index contributed by atoms with van der Waals surface area (Å²) in [4.78, 5) is 5.76. The Balaban J connectivity index is 2.05. The van der Waals surface area contributed by atoms with Gasteiger partial charge >= 0.3 is 0 Å². The lowest BCUT2D eigenvalue weighted by atomic mass is 10.1. The molecule has 3 rings (SSSR count). The van der Waals surface area contributed by atoms with Gasteiger partial charge in [0.1, 0.15) is 22.9 Å². The Hall–Kier alpha value is -4.08. The maximum Gasteiger partial charge on any atom is 0.259 e. The summed E-state index contributed by atoms with van der Waals surface area (Å²) in [6.07, 6.45) is 0. The normalized spacial score (nSPS) is 10.5. The molecule has 33 heavy (non-hydrogen) atoms. The zero-order valence-electron chi connectivity index (χ0n) is 18.8. The summed E-state index contributed by atoms with van der Waals surface area (Å²) in [5.41, 5.74) is 6.26. The van der Waals surface area contributed by atoms with E-state index in [9.17, 15) is 8.78 Å². The predicted molar refractivity (Wildman–Crippen MR) is 120 cm³/mol. The first kappa shape index (κ1) is 23.6. The van der Waals surface area contributed by atoms with Crippen molar-refractivity contribution in [3.05, 3.63) is 59.2 Å². The Kier molecular flexibility index (Phi) is 6.86. The number of anilines is 1. The van der Waals surface area contributed by atoms with Crippen LogP contribution in [0, 0.1) is 24.0 Å². The number of nitrogens with two attached hydrogens (primary N) is 1. The van der Waals surface area contributed by atoms with Gasteiger partial charge in [0.05, 0.1) is 14.2 Å². The molecule has 0 fully saturated rings. The summed E-state index contributed by atoms with van der Waals surface area (Å²) in [5.74, 6) is -2.70. The second-order valence-corrected chi connectivity index (χ2v) is 7.16. The summed E-state index contributed by atoms with van der Waals surface area (Å²) >= 11 is 0. The van der Waals surface area contributed by atoms with Crippen LogP contribution in [0.3, 0.4) is 0 Å². The quantitative estimate of drug-likeness (QED) is 0.375. The number of benzene rings is 2. The van der Waals surface area contributed by atoms with Crippen LogP contribution in [0.5, 0.6) is 34.8 Å². The van der Waals surface area contributed by atoms with Crippen molar-refractivity contribution in [2.75, 3.05) is 33.2 Å². The van der Waals surface area contributed by atoms with E-state index in [1.165, 1.54) is 33.3 Å². The lowest BCUT2D eigenvalue weighted by Crippen LogP contribution is -2.14. The topological polar surface area (TPSA) is 103 Å². The molecule has 0 aliphatic rings. The van der Waals surface area contributed by atoms with Crippen molar-refractivity contribution in [2.24, 2.45) is 5.73 Å². The number of rotatable bonds is 8. The monoisotopic (exact) mass is 458 g/mol. The van der Waals surface area contributed by atoms with Gasteiger partial charge in [-0.05, 0) is 31.2 Å². The maximum absolute atomic E-state index is 14.9. The van der Waals surface area contributed by atoms with E-state index in [0.29, 0.717) is 5.75 Å². The predicted octanol–water partition coefficient (Wildman–Crippen LogP) is 4.62. The first-order valence-corrected chi connectivity index (χ1v) is 9.76. The highest BCUT2D eigenvalue weighted by Crippen LogP contribution is 2.41. The molecule has 0 bridgehead atoms. The fraction of sp³-hybridized carbons (Fsp3) is 0.217. The molecule has 8 nitrogen and oxygen atoms in total. The van der Waals surface area contributed by atoms with Gasteiger partial charge in [0, 0.05) is 31.4 Å². The molecule has 0 amide bonds. The number of halogens is 2. The van der Waals surface area contributed by atoms with Crippen LogP contribution in [0.4, 0.5) is 14.5 Å². The molecular formula is C23H24F2N4O4. The van der Waals surface area contributed by atoms with Crippen LogP contribution in [0.1, 0.15) is 11.1 Å². The number of ether oxygens (including phenoxy) is 4. The van der Waals surface area contributed by atoms with Crippen molar-refractivity contribution in [1.29, 1.82) is 5.41 Å². The molecule has 0 saturated carbocycles. The van der Waals surface area contributed by atoms with Gasteiger partial charge in [-0.3, -0.25) is 5.41 Å². The van der Waals surface area contributed by atoms with E-state index in [1.54, 1.807) is 18.2 Å². The lowest BCUT2D eigenvalue weighted by molar-refractivity contribution is 0.344. The van der Waals surface area contributed by atoms with Gasteiger partial charge < -0.3 is 29.6 Å². The van der Waals surface area contributed by atoms with Crippen molar-refractivity contribution in [3.63, 3.8) is 0 Å². The van der Waals surface area contributed by atoms with Crippen LogP contribution in [0.25, 0.3) is 0 Å². The zero-order chi connectivity index (χ0) is 24.3. The molecule has 0 spiro atoms. The Morgan fingerprint density at radius 2 is 1.61 bits per heavy atom. The van der Waals surface area contributed by atoms with Gasteiger partial charge in [-0.15, -0.1) is 0 Å². The second kappa shape index (κ2) is 9.60. The van der Waals surface area contributed by atoms with Gasteiger partial charge in [-0.2, -0.15) is 4.98 Å². The largest absolute Gasteiger partial charge is 0.496 e. The zero-order valence-corrected chi connectivity index (χ0v) is 18.8. The molecule has 1 aromatic heterocycles. The minimum absolute atomic E-state index is 0.00135. The van der Waals surface area contributed by atoms with Gasteiger partial charge in [0.2, 0.25) is 0 Å². The van der Waals surface area contributed by atoms with E-state index in [-0.39, 0.29) is 34.2 Å². The van der Waals surface area contributed by atoms with Crippen LogP contribution < -0.4 is 29.6 Å². The van der Waals surface area contributed by atoms with Crippen molar-refractivity contribution in [3.8, 4) is 34.8 Å². The number of hydrogen-bond donors (Lipinski definition) is 2. The van der Waals surface area contributed by atoms with Crippen LogP contribution in [-0.2, 0) is 0 Å². The van der Waals surface area contributed by atoms with Gasteiger partial charge in [-0.1, -0.05) is 6.07 Å². The fourth-order valence-electron chi connectivity index (χ4n) is 3.04. The molecule has 2 aromatic carbocycles. The summed E-state index contributed by atoms with van der Waals surface area (Å²) in [5, 5.41) is 7.81. The second-order valence-electron chi connectivity index (χ2n) is 7.16. The molecule has 174 valence electrons. The van der Waals surface area contributed by atoms with E-state index in [4.69, 9.17) is 30.1 Å². The molecule has 0 saturated heterocycles. The number of hydrogen-bond acceptors (Lipinski definition) is 7. The maximum atomic E-state index is 14.9. The average Bonchev–Trinajstić information content (AvgIpc) is 2.80. The van der Waals surface area contributed by atoms with Crippen LogP contribution in [0.15, 0.2) is 36.4 Å². The lowest BCUT2D eigenvalue weighted by Gasteiger charge is -2.17. The molecule has 10 heteroatoms. The van der Waals surface area contributed by atoms with Crippen LogP contribution in [-0.4, -0.2) is 39.1 Å². The highest BCUT2D eigenvalue weighted by atomic mass is 19.1. The Labute approximate surface area is 190 Å². The Bertz CT molecular complexity index is 1200. The number of methoxy groups -OCH3 is 2. The van der Waals surface area contributed by atoms with E-state index in [2.05, 4.69) is 4.98 Å². The number of nitrogens with zero attached hydrogens (tertiary/aromatic N) is 2. The number of nitrogen functional groups attached to an aromatic ring is 1. The van der Waals surface area contributed by atoms with Crippen molar-refractivity contribution < 1.29 is 27.7 Å². The third kappa shape index (κ3) is 4.74. The minimum Gasteiger partial charge on any atom is -0.496 e. The summed E-state index contributed by atoms with van der Waals surface area (Å²) in [7, 11) is 6.44. The van der Waals surface area contributed by atoms with Gasteiger partial charge in [-0.25, -0.2) is 8.78 Å². The number of nitrogens with one attached hydrogen (secondary N) is 1. The number of aromatic nitrogens is 1. The molecule has 3 N–H and O–H groups in total. The molecule has 0 atom stereocenters. The molecule has 3 aromatic rings. The Morgan fingerprint density at radius 1 is 0.970 bits per heavy atom. The van der Waals surface area contributed by atoms with E-state index < -0.39 is 23.4 Å². The summed E-state index contributed by atoms with van der Waals surface area (Å²) < 4.78 is 51.4. The number of pyridine rings is 1. The van der Waals surface area contributed by atoms with Crippen molar-refractivity contribution in [1.82, 2.24) is 4.98 Å². The summed E-state index contributed by atoms with van der Waals surface area (Å²) in [6, 6.07) is 9.81. The molecular weight excluding hydrogens is 434 g/mol. The fourth-order valence-corrected chi connectivity index (χ4v) is 3.04. The molecule has 0 aliphatic heterocycles. The SMILES string of the molecule is COc1ccc(Oc2nc(Oc3cccc(N(C)C)c3)c(F)c(C)c2F)c(OC)c1C(=N)N. The first-order chi connectivity index (χ1) is 15.7. The molecule has 0 unspecified atom stereocenters. The van der Waals surface area contributed by atoms with Gasteiger partial charge in [0.25, 0.3) is 11.8 Å². The summed E-state index contributed by atoms with van der Waals surface area (Å²) in [6.45, 7) is 1.24. The smallest absolute Gasteiger partial charge is 0.259 e. The van der Waals surface area contributed by atoms with Crippen molar-refractivity contribution >= 4 is 11.5 Å². The average molecular weight is 458 g/mol. The van der Waals surface area contributed by atoms with E-state index in [0.717, 1.165) is 5.69 Å². The third-order valence-corrected chi connectivity index (χ3v) is 4.77. The minimum atomic E-state index is -1.01. The highest BCUT2D eigenvalue weighted by Gasteiger charge is 2.24. The highest BCUT2D eigenvalue weighted by molar-refractivity contribution is 6.01. The first-order valence-electron chi connectivity index (χ1n) is 9.76. The van der Waals surface area contributed by atoms with Crippen molar-refractivity contribution in [2.45, 2.75) is 6.92 Å². The third-order valence-electron chi connectivity index (χ3n) is 4.77. The Morgan fingerprint density at radius 3 is 2.18 bits per heavy atom. The molecule has 0 aliphatic carbocycles. The van der Waals surface area contributed by atoms with E-state index >= 15 is 0 Å². The standard InChI is InChI=1S/C23H24F2N4O4/c1-12-18(24)22(32-14-8-6-7-13(11-14)29(2)3)28-23(19(12)25)33-16-10-9-15(30-4)17(21(26)27)20(16)31-5/h6-11H,1-5H3,(H3,26,27).